The zero-order valence-electron chi connectivity index (χ0n) is 35.8. The van der Waals surface area contributed by atoms with Crippen LogP contribution in [0.4, 0.5) is 4.79 Å². The highest BCUT2D eigenvalue weighted by atomic mass is 16.7. The molecule has 1 atom stereocenters. The zero-order valence-corrected chi connectivity index (χ0v) is 35.8. The summed E-state index contributed by atoms with van der Waals surface area (Å²) in [5.74, 6) is 0. The summed E-state index contributed by atoms with van der Waals surface area (Å²) < 4.78 is 17.6. The van der Waals surface area contributed by atoms with Crippen molar-refractivity contribution < 1.29 is 28.9 Å². The van der Waals surface area contributed by atoms with Crippen molar-refractivity contribution in [2.24, 2.45) is 0 Å². The Kier molecular flexibility index (Phi) is 44.7. The van der Waals surface area contributed by atoms with Crippen molar-refractivity contribution in [3.8, 4) is 0 Å². The normalized spacial score (nSPS) is 12.2. The highest BCUT2D eigenvalue weighted by molar-refractivity contribution is 5.67. The van der Waals surface area contributed by atoms with Gasteiger partial charge in [-0.15, -0.1) is 0 Å². The molecule has 0 spiro atoms. The minimum absolute atomic E-state index is 0.169. The molecule has 2 N–H and O–H groups in total. The molecule has 8 heteroatoms. The molecule has 0 rings (SSSR count). The Labute approximate surface area is 329 Å². The number of hydrogen-bond donors (Lipinski definition) is 2. The van der Waals surface area contributed by atoms with E-state index in [1.54, 1.807) is 7.05 Å². The van der Waals surface area contributed by atoms with Gasteiger partial charge < -0.3 is 24.6 Å². The van der Waals surface area contributed by atoms with E-state index in [1.165, 1.54) is 198 Å². The van der Waals surface area contributed by atoms with Gasteiger partial charge in [-0.2, -0.15) is 5.06 Å². The second-order valence-electron chi connectivity index (χ2n) is 15.7. The van der Waals surface area contributed by atoms with Gasteiger partial charge in [0.25, 0.3) is 0 Å². The first kappa shape index (κ1) is 52.1. The van der Waals surface area contributed by atoms with Crippen LogP contribution < -0.4 is 5.32 Å². The number of nitrogens with one attached hydrogen (secondary N) is 1. The van der Waals surface area contributed by atoms with Crippen LogP contribution in [-0.2, 0) is 19.0 Å². The topological polar surface area (TPSA) is 89.5 Å². The second-order valence-corrected chi connectivity index (χ2v) is 15.7. The van der Waals surface area contributed by atoms with Crippen LogP contribution in [0.2, 0.25) is 0 Å². The lowest BCUT2D eigenvalue weighted by atomic mass is 10.0. The highest BCUT2D eigenvalue weighted by Gasteiger charge is 2.13. The summed E-state index contributed by atoms with van der Waals surface area (Å²) >= 11 is 0. The Balaban J connectivity index is 3.98. The lowest BCUT2D eigenvalue weighted by Gasteiger charge is -2.18. The third-order valence-corrected chi connectivity index (χ3v) is 10.3. The first-order chi connectivity index (χ1) is 26.1. The molecule has 0 radical (unpaired) electrons. The van der Waals surface area contributed by atoms with E-state index in [-0.39, 0.29) is 19.4 Å². The lowest BCUT2D eigenvalue weighted by molar-refractivity contribution is -0.178. The first-order valence-electron chi connectivity index (χ1n) is 23.2. The van der Waals surface area contributed by atoms with Crippen LogP contribution in [0.5, 0.6) is 0 Å². The summed E-state index contributed by atoms with van der Waals surface area (Å²) in [6.07, 6.45) is 43.3. The number of amides is 1. The number of carbonyl (C=O) groups is 1. The van der Waals surface area contributed by atoms with Crippen LogP contribution >= 0.6 is 0 Å². The molecule has 53 heavy (non-hydrogen) atoms. The molecule has 0 aromatic rings. The largest absolute Gasteiger partial charge is 0.447 e. The minimum Gasteiger partial charge on any atom is -0.447 e. The molecule has 0 aliphatic heterocycles. The average molecular weight is 757 g/mol. The quantitative estimate of drug-likeness (QED) is 0.0363. The molecule has 1 unspecified atom stereocenters. The molecule has 0 fully saturated rings. The standard InChI is InChI=1S/C45H92N2O6/c1-4-6-8-10-12-14-16-18-20-22-24-26-28-30-32-34-38-50-41-44(42-52-45(49)46-37-36-40-53-47(3)43-48)51-39-35-33-31-29-27-25-23-21-19-17-15-13-11-9-7-5-2/h44,48H,4-43H2,1-3H3,(H,46,49). The number of hydrogen-bond acceptors (Lipinski definition) is 7. The number of hydroxylamine groups is 2. The number of rotatable bonds is 45. The molecule has 8 nitrogen and oxygen atoms in total. The number of aliphatic hydroxyl groups is 1. The molecule has 318 valence electrons. The molecule has 0 heterocycles. The van der Waals surface area contributed by atoms with Gasteiger partial charge in [-0.3, -0.25) is 4.84 Å². The van der Waals surface area contributed by atoms with E-state index in [4.69, 9.17) is 24.2 Å². The van der Waals surface area contributed by atoms with Crippen molar-refractivity contribution >= 4 is 6.09 Å². The Morgan fingerprint density at radius 3 is 1.28 bits per heavy atom. The number of carbonyl (C=O) groups excluding carboxylic acids is 1. The molecule has 0 aliphatic rings. The van der Waals surface area contributed by atoms with E-state index >= 15 is 0 Å². The summed E-state index contributed by atoms with van der Waals surface area (Å²) in [4.78, 5) is 17.5. The van der Waals surface area contributed by atoms with Gasteiger partial charge in [-0.05, 0) is 19.3 Å². The Morgan fingerprint density at radius 2 is 0.887 bits per heavy atom. The Bertz CT molecular complexity index is 700. The van der Waals surface area contributed by atoms with E-state index in [1.807, 2.05) is 0 Å². The van der Waals surface area contributed by atoms with Gasteiger partial charge in [0.05, 0.1) is 13.2 Å². The molecule has 0 aromatic heterocycles. The van der Waals surface area contributed by atoms with Crippen molar-refractivity contribution in [2.45, 2.75) is 232 Å². The predicted octanol–water partition coefficient (Wildman–Crippen LogP) is 12.8. The SMILES string of the molecule is CCCCCCCCCCCCCCCCCCOCC(COC(=O)NCCCON(C)CO)OCCCCCCCCCCCCCCCCCC. The summed E-state index contributed by atoms with van der Waals surface area (Å²) in [6.45, 7) is 7.30. The lowest BCUT2D eigenvalue weighted by Crippen LogP contribution is -2.33. The zero-order chi connectivity index (χ0) is 38.6. The average Bonchev–Trinajstić information content (AvgIpc) is 3.16. The Hall–Kier alpha value is -0.930. The first-order valence-corrected chi connectivity index (χ1v) is 23.2. The number of alkyl carbamates (subject to hydrolysis) is 1. The van der Waals surface area contributed by atoms with E-state index in [0.717, 1.165) is 19.4 Å². The fourth-order valence-corrected chi connectivity index (χ4v) is 6.75. The van der Waals surface area contributed by atoms with Gasteiger partial charge in [0.2, 0.25) is 0 Å². The van der Waals surface area contributed by atoms with Gasteiger partial charge >= 0.3 is 6.09 Å². The van der Waals surface area contributed by atoms with E-state index in [2.05, 4.69) is 19.2 Å². The van der Waals surface area contributed by atoms with E-state index in [9.17, 15) is 4.79 Å². The van der Waals surface area contributed by atoms with Gasteiger partial charge in [-0.1, -0.05) is 206 Å². The van der Waals surface area contributed by atoms with Gasteiger partial charge in [-0.25, -0.2) is 4.79 Å². The molecular weight excluding hydrogens is 665 g/mol. The summed E-state index contributed by atoms with van der Waals surface area (Å²) in [5, 5.41) is 13.1. The van der Waals surface area contributed by atoms with Crippen LogP contribution in [0, 0.1) is 0 Å². The van der Waals surface area contributed by atoms with E-state index < -0.39 is 6.09 Å². The molecular formula is C45H92N2O6. The second kappa shape index (κ2) is 45.5. The predicted molar refractivity (Wildman–Crippen MR) is 224 cm³/mol. The van der Waals surface area contributed by atoms with Crippen molar-refractivity contribution in [3.05, 3.63) is 0 Å². The van der Waals surface area contributed by atoms with Gasteiger partial charge in [0.15, 0.2) is 0 Å². The number of aliphatic hydroxyl groups excluding tert-OH is 1. The molecule has 1 amide bonds. The molecule has 0 saturated heterocycles. The molecule has 0 saturated carbocycles. The maximum Gasteiger partial charge on any atom is 0.407 e. The van der Waals surface area contributed by atoms with Crippen LogP contribution in [0.1, 0.15) is 226 Å². The fraction of sp³-hybridized carbons (Fsp3) is 0.978. The van der Waals surface area contributed by atoms with Crippen molar-refractivity contribution in [3.63, 3.8) is 0 Å². The smallest absolute Gasteiger partial charge is 0.407 e. The minimum atomic E-state index is -0.450. The maximum atomic E-state index is 12.3. The summed E-state index contributed by atoms with van der Waals surface area (Å²) in [7, 11) is 1.66. The van der Waals surface area contributed by atoms with Gasteiger partial charge in [0, 0.05) is 26.8 Å². The number of unbranched alkanes of at least 4 members (excludes halogenated alkanes) is 30. The fourth-order valence-electron chi connectivity index (χ4n) is 6.75. The third-order valence-electron chi connectivity index (χ3n) is 10.3. The number of nitrogens with zero attached hydrogens (tertiary/aromatic N) is 1. The summed E-state index contributed by atoms with van der Waals surface area (Å²) in [6, 6.07) is 0. The van der Waals surface area contributed by atoms with Crippen molar-refractivity contribution in [2.75, 3.05) is 53.4 Å². The Morgan fingerprint density at radius 1 is 0.509 bits per heavy atom. The van der Waals surface area contributed by atoms with Crippen LogP contribution in [0.15, 0.2) is 0 Å². The van der Waals surface area contributed by atoms with Crippen molar-refractivity contribution in [1.29, 1.82) is 0 Å². The monoisotopic (exact) mass is 757 g/mol. The van der Waals surface area contributed by atoms with Crippen molar-refractivity contribution in [1.82, 2.24) is 10.4 Å². The molecule has 0 bridgehead atoms. The van der Waals surface area contributed by atoms with Crippen LogP contribution in [0.25, 0.3) is 0 Å². The third kappa shape index (κ3) is 43.7. The maximum absolute atomic E-state index is 12.3. The highest BCUT2D eigenvalue weighted by Crippen LogP contribution is 2.15. The van der Waals surface area contributed by atoms with Crippen LogP contribution in [-0.4, -0.2) is 75.7 Å². The number of ether oxygens (including phenoxy) is 3. The van der Waals surface area contributed by atoms with E-state index in [0.29, 0.717) is 32.8 Å². The molecule has 0 aliphatic carbocycles. The van der Waals surface area contributed by atoms with Gasteiger partial charge in [0.1, 0.15) is 19.4 Å². The molecule has 0 aromatic carbocycles. The summed E-state index contributed by atoms with van der Waals surface area (Å²) in [5.41, 5.74) is 0. The van der Waals surface area contributed by atoms with Crippen LogP contribution in [0.3, 0.4) is 0 Å².